The van der Waals surface area contributed by atoms with Crippen molar-refractivity contribution in [2.75, 3.05) is 18.4 Å². The lowest BCUT2D eigenvalue weighted by molar-refractivity contribution is -0.121. The van der Waals surface area contributed by atoms with Gasteiger partial charge in [-0.3, -0.25) is 9.59 Å². The number of likely N-dealkylation sites (tertiary alicyclic amines) is 1. The Hall–Kier alpha value is -2.10. The van der Waals surface area contributed by atoms with Crippen molar-refractivity contribution in [3.63, 3.8) is 0 Å². The fourth-order valence-electron chi connectivity index (χ4n) is 3.12. The molecule has 1 fully saturated rings. The Kier molecular flexibility index (Phi) is 5.33. The molecular weight excluding hydrogens is 400 g/mol. The van der Waals surface area contributed by atoms with E-state index in [9.17, 15) is 9.59 Å². The van der Waals surface area contributed by atoms with Crippen LogP contribution in [0.4, 0.5) is 5.13 Å². The van der Waals surface area contributed by atoms with Crippen molar-refractivity contribution >= 4 is 51.0 Å². The summed E-state index contributed by atoms with van der Waals surface area (Å²) >= 11 is 4.43. The normalized spacial score (nSPS) is 17.1. The van der Waals surface area contributed by atoms with Crippen LogP contribution in [-0.2, 0) is 4.79 Å². The molecule has 140 valence electrons. The number of aryl methyl sites for hydroxylation is 1. The van der Waals surface area contributed by atoms with Crippen molar-refractivity contribution in [3.8, 4) is 10.6 Å². The zero-order chi connectivity index (χ0) is 18.8. The molecule has 0 aromatic carbocycles. The summed E-state index contributed by atoms with van der Waals surface area (Å²) in [6.45, 7) is 2.97. The highest BCUT2D eigenvalue weighted by molar-refractivity contribution is 7.17. The molecule has 1 atom stereocenters. The van der Waals surface area contributed by atoms with E-state index in [2.05, 4.69) is 15.3 Å². The molecule has 0 bridgehead atoms. The summed E-state index contributed by atoms with van der Waals surface area (Å²) in [6, 6.07) is 2.01. The molecule has 0 radical (unpaired) electrons. The van der Waals surface area contributed by atoms with Crippen LogP contribution < -0.4 is 5.32 Å². The monoisotopic (exact) mass is 418 g/mol. The Balaban J connectivity index is 1.46. The smallest absolute Gasteiger partial charge is 0.265 e. The lowest BCUT2D eigenvalue weighted by atomic mass is 9.97. The van der Waals surface area contributed by atoms with Crippen molar-refractivity contribution in [2.24, 2.45) is 5.92 Å². The second-order valence-corrected chi connectivity index (χ2v) is 9.04. The first-order chi connectivity index (χ1) is 13.1. The number of nitrogens with one attached hydrogen (secondary N) is 1. The number of anilines is 1. The third-order valence-corrected chi connectivity index (χ3v) is 7.07. The predicted molar refractivity (Wildman–Crippen MR) is 110 cm³/mol. The molecule has 1 aliphatic heterocycles. The van der Waals surface area contributed by atoms with Gasteiger partial charge in [0, 0.05) is 35.6 Å². The van der Waals surface area contributed by atoms with E-state index in [0.29, 0.717) is 23.1 Å². The van der Waals surface area contributed by atoms with Crippen molar-refractivity contribution < 1.29 is 9.59 Å². The van der Waals surface area contributed by atoms with E-state index in [0.717, 1.165) is 29.1 Å². The number of carbonyl (C=O) groups is 2. The maximum absolute atomic E-state index is 13.0. The SMILES string of the molecule is Cc1nc(-c2ccsc2)sc1C(=O)N1CCCC(C(=O)Nc2nccs2)C1. The number of thiophene rings is 1. The van der Waals surface area contributed by atoms with E-state index in [1.165, 1.54) is 22.7 Å². The Morgan fingerprint density at radius 3 is 2.96 bits per heavy atom. The van der Waals surface area contributed by atoms with Gasteiger partial charge in [0.1, 0.15) is 9.88 Å². The van der Waals surface area contributed by atoms with Gasteiger partial charge in [0.25, 0.3) is 5.91 Å². The molecular formula is C18H18N4O2S3. The van der Waals surface area contributed by atoms with Crippen LogP contribution >= 0.6 is 34.0 Å². The summed E-state index contributed by atoms with van der Waals surface area (Å²) in [5, 5.41) is 10.2. The van der Waals surface area contributed by atoms with Crippen LogP contribution in [0.15, 0.2) is 28.4 Å². The molecule has 2 amide bonds. The molecule has 0 spiro atoms. The zero-order valence-electron chi connectivity index (χ0n) is 14.7. The summed E-state index contributed by atoms with van der Waals surface area (Å²) in [5.74, 6) is -0.308. The van der Waals surface area contributed by atoms with Crippen LogP contribution in [0.25, 0.3) is 10.6 Å². The Morgan fingerprint density at radius 1 is 1.33 bits per heavy atom. The van der Waals surface area contributed by atoms with E-state index in [4.69, 9.17) is 0 Å². The van der Waals surface area contributed by atoms with E-state index >= 15 is 0 Å². The standard InChI is InChI=1S/C18H18N4O2S3/c1-11-14(27-16(20-11)13-4-7-25-10-13)17(24)22-6-2-3-12(9-22)15(23)21-18-19-5-8-26-18/h4-5,7-8,10,12H,2-3,6,9H2,1H3,(H,19,21,23). The second kappa shape index (κ2) is 7.87. The number of aromatic nitrogens is 2. The van der Waals surface area contributed by atoms with Crippen LogP contribution in [0.2, 0.25) is 0 Å². The third kappa shape index (κ3) is 3.95. The highest BCUT2D eigenvalue weighted by atomic mass is 32.1. The van der Waals surface area contributed by atoms with Crippen LogP contribution in [-0.4, -0.2) is 39.8 Å². The quantitative estimate of drug-likeness (QED) is 0.691. The Bertz CT molecular complexity index is 934. The van der Waals surface area contributed by atoms with Crippen LogP contribution in [0, 0.1) is 12.8 Å². The van der Waals surface area contributed by atoms with Crippen molar-refractivity contribution in [1.82, 2.24) is 14.9 Å². The maximum atomic E-state index is 13.0. The van der Waals surface area contributed by atoms with Gasteiger partial charge in [-0.25, -0.2) is 9.97 Å². The van der Waals surface area contributed by atoms with Gasteiger partial charge in [0.15, 0.2) is 5.13 Å². The number of rotatable bonds is 4. The number of hydrogen-bond acceptors (Lipinski definition) is 7. The molecule has 3 aromatic rings. The molecule has 0 aliphatic carbocycles. The fourth-order valence-corrected chi connectivity index (χ4v) is 5.39. The number of nitrogens with zero attached hydrogens (tertiary/aromatic N) is 3. The maximum Gasteiger partial charge on any atom is 0.265 e. The van der Waals surface area contributed by atoms with Crippen molar-refractivity contribution in [3.05, 3.63) is 39.0 Å². The molecule has 3 aromatic heterocycles. The Labute approximate surface area is 168 Å². The van der Waals surface area contributed by atoms with Gasteiger partial charge in [0.2, 0.25) is 5.91 Å². The van der Waals surface area contributed by atoms with E-state index in [-0.39, 0.29) is 17.7 Å². The average molecular weight is 419 g/mol. The minimum atomic E-state index is -0.212. The van der Waals surface area contributed by atoms with Crippen LogP contribution in [0.5, 0.6) is 0 Å². The lowest BCUT2D eigenvalue weighted by Gasteiger charge is -2.31. The van der Waals surface area contributed by atoms with Gasteiger partial charge in [0.05, 0.1) is 11.6 Å². The van der Waals surface area contributed by atoms with E-state index in [1.807, 2.05) is 29.1 Å². The second-order valence-electron chi connectivity index (χ2n) is 6.36. The minimum absolute atomic E-state index is 0.0294. The summed E-state index contributed by atoms with van der Waals surface area (Å²) in [7, 11) is 0. The largest absolute Gasteiger partial charge is 0.337 e. The molecule has 9 heteroatoms. The number of hydrogen-bond donors (Lipinski definition) is 1. The zero-order valence-corrected chi connectivity index (χ0v) is 17.1. The first-order valence-corrected chi connectivity index (χ1v) is 11.3. The van der Waals surface area contributed by atoms with Gasteiger partial charge < -0.3 is 10.2 Å². The molecule has 1 aliphatic rings. The number of amides is 2. The van der Waals surface area contributed by atoms with Crippen LogP contribution in [0.3, 0.4) is 0 Å². The molecule has 0 saturated carbocycles. The number of thiazole rings is 2. The topological polar surface area (TPSA) is 75.2 Å². The number of carbonyl (C=O) groups excluding carboxylic acids is 2. The van der Waals surface area contributed by atoms with E-state index in [1.54, 1.807) is 22.4 Å². The summed E-state index contributed by atoms with van der Waals surface area (Å²) in [4.78, 5) is 36.7. The molecule has 4 heterocycles. The van der Waals surface area contributed by atoms with Crippen molar-refractivity contribution in [2.45, 2.75) is 19.8 Å². The summed E-state index contributed by atoms with van der Waals surface area (Å²) in [5.41, 5.74) is 1.80. The van der Waals surface area contributed by atoms with Gasteiger partial charge in [-0.05, 0) is 31.2 Å². The molecule has 4 rings (SSSR count). The summed E-state index contributed by atoms with van der Waals surface area (Å²) < 4.78 is 0. The molecule has 27 heavy (non-hydrogen) atoms. The van der Waals surface area contributed by atoms with E-state index < -0.39 is 0 Å². The highest BCUT2D eigenvalue weighted by Gasteiger charge is 2.31. The Morgan fingerprint density at radius 2 is 2.22 bits per heavy atom. The first kappa shape index (κ1) is 18.3. The van der Waals surface area contributed by atoms with Crippen molar-refractivity contribution in [1.29, 1.82) is 0 Å². The van der Waals surface area contributed by atoms with Gasteiger partial charge in [-0.15, -0.1) is 22.7 Å². The molecule has 1 unspecified atom stereocenters. The lowest BCUT2D eigenvalue weighted by Crippen LogP contribution is -2.43. The fraction of sp³-hybridized carbons (Fsp3) is 0.333. The first-order valence-electron chi connectivity index (χ1n) is 8.61. The average Bonchev–Trinajstić information content (AvgIpc) is 3.43. The van der Waals surface area contributed by atoms with Gasteiger partial charge in [-0.1, -0.05) is 0 Å². The molecule has 1 saturated heterocycles. The predicted octanol–water partition coefficient (Wildman–Crippen LogP) is 4.13. The summed E-state index contributed by atoms with van der Waals surface area (Å²) in [6.07, 6.45) is 3.26. The molecule has 1 N–H and O–H groups in total. The highest BCUT2D eigenvalue weighted by Crippen LogP contribution is 2.31. The third-order valence-electron chi connectivity index (χ3n) is 4.50. The minimum Gasteiger partial charge on any atom is -0.337 e. The van der Waals surface area contributed by atoms with Gasteiger partial charge >= 0.3 is 0 Å². The molecule has 6 nitrogen and oxygen atoms in total. The van der Waals surface area contributed by atoms with Crippen LogP contribution in [0.1, 0.15) is 28.2 Å². The number of piperidine rings is 1. The van der Waals surface area contributed by atoms with Gasteiger partial charge in [-0.2, -0.15) is 11.3 Å².